The van der Waals surface area contributed by atoms with Gasteiger partial charge in [-0.05, 0) is 30.5 Å². The molecule has 0 aliphatic heterocycles. The summed E-state index contributed by atoms with van der Waals surface area (Å²) in [7, 11) is 1.95. The average molecular weight is 328 g/mol. The van der Waals surface area contributed by atoms with Crippen molar-refractivity contribution in [3.05, 3.63) is 34.9 Å². The molecule has 0 aromatic heterocycles. The molecule has 0 atom stereocenters. The number of hydrogen-bond acceptors (Lipinski definition) is 5. The number of carboxylic acids is 2. The lowest BCUT2D eigenvalue weighted by molar-refractivity contribution is 0.0651. The van der Waals surface area contributed by atoms with Crippen LogP contribution in [-0.4, -0.2) is 52.3 Å². The van der Waals surface area contributed by atoms with Gasteiger partial charge in [-0.3, -0.25) is 0 Å². The number of hydrogen-bond donors (Lipinski definition) is 2. The van der Waals surface area contributed by atoms with Crippen molar-refractivity contribution >= 4 is 20.7 Å². The van der Waals surface area contributed by atoms with Crippen molar-refractivity contribution in [2.24, 2.45) is 0 Å². The summed E-state index contributed by atoms with van der Waals surface area (Å²) in [5, 5.41) is 18.1. The molecule has 7 nitrogen and oxygen atoms in total. The van der Waals surface area contributed by atoms with Crippen LogP contribution in [-0.2, 0) is 19.7 Å². The summed E-state index contributed by atoms with van der Waals surface area (Å²) in [4.78, 5) is 22.1. The molecule has 0 unspecified atom stereocenters. The number of aromatic carboxylic acids is 2. The smallest absolute Gasteiger partial charge is 0.478 e. The molecule has 0 bridgehead atoms. The van der Waals surface area contributed by atoms with Gasteiger partial charge in [0.05, 0.1) is 11.1 Å². The van der Waals surface area contributed by atoms with E-state index in [1.165, 1.54) is 33.5 Å². The zero-order valence-corrected chi connectivity index (χ0v) is 13.8. The fraction of sp³-hybridized carbons (Fsp3) is 0.429. The van der Waals surface area contributed by atoms with Crippen molar-refractivity contribution in [3.8, 4) is 0 Å². The molecule has 22 heavy (non-hydrogen) atoms. The van der Waals surface area contributed by atoms with Crippen molar-refractivity contribution in [1.29, 1.82) is 0 Å². The quantitative estimate of drug-likeness (QED) is 0.667. The highest BCUT2D eigenvalue weighted by atomic mass is 28.4. The Morgan fingerprint density at radius 1 is 1.00 bits per heavy atom. The predicted octanol–water partition coefficient (Wildman–Crippen LogP) is 1.89. The third kappa shape index (κ3) is 4.37. The molecule has 1 aromatic rings. The first-order valence-electron chi connectivity index (χ1n) is 6.64. The monoisotopic (exact) mass is 328 g/mol. The van der Waals surface area contributed by atoms with Crippen LogP contribution in [0.2, 0.25) is 6.04 Å². The van der Waals surface area contributed by atoms with Gasteiger partial charge in [0, 0.05) is 27.4 Å². The molecule has 1 aromatic carbocycles. The van der Waals surface area contributed by atoms with Crippen molar-refractivity contribution in [2.45, 2.75) is 18.9 Å². The maximum Gasteiger partial charge on any atom is 0.500 e. The molecular weight excluding hydrogens is 308 g/mol. The van der Waals surface area contributed by atoms with Crippen molar-refractivity contribution in [3.63, 3.8) is 0 Å². The van der Waals surface area contributed by atoms with Gasteiger partial charge in [0.25, 0.3) is 0 Å². The highest BCUT2D eigenvalue weighted by Gasteiger charge is 2.36. The third-order valence-corrected chi connectivity index (χ3v) is 6.26. The van der Waals surface area contributed by atoms with Crippen LogP contribution in [0.3, 0.4) is 0 Å². The number of carboxylic acid groups (broad SMARTS) is 2. The highest BCUT2D eigenvalue weighted by molar-refractivity contribution is 6.60. The Morgan fingerprint density at radius 2 is 1.55 bits per heavy atom. The van der Waals surface area contributed by atoms with Crippen LogP contribution in [0.1, 0.15) is 32.7 Å². The van der Waals surface area contributed by atoms with Crippen molar-refractivity contribution < 1.29 is 33.1 Å². The third-order valence-electron chi connectivity index (χ3n) is 3.43. The summed E-state index contributed by atoms with van der Waals surface area (Å²) in [6.45, 7) is 0. The summed E-state index contributed by atoms with van der Waals surface area (Å²) in [5.74, 6) is -2.51. The van der Waals surface area contributed by atoms with E-state index in [9.17, 15) is 9.59 Å². The first-order chi connectivity index (χ1) is 10.4. The minimum absolute atomic E-state index is 0.210. The van der Waals surface area contributed by atoms with E-state index in [1.54, 1.807) is 6.07 Å². The summed E-state index contributed by atoms with van der Waals surface area (Å²) >= 11 is 0. The number of carbonyl (C=O) groups is 2. The van der Waals surface area contributed by atoms with E-state index in [-0.39, 0.29) is 11.1 Å². The normalized spacial score (nSPS) is 11.4. The Balaban J connectivity index is 2.81. The standard InChI is InChI=1S/C14H20O7Si/c1-19-22(20-2,21-3)8-4-5-10-6-7-11(13(15)16)12(9-10)14(17)18/h6-7,9H,4-5,8H2,1-3H3,(H,15,16)(H,17,18). The Labute approximate surface area is 129 Å². The van der Waals surface area contributed by atoms with Gasteiger partial charge >= 0.3 is 20.7 Å². The van der Waals surface area contributed by atoms with Crippen LogP contribution in [0.25, 0.3) is 0 Å². The number of benzene rings is 1. The lowest BCUT2D eigenvalue weighted by Gasteiger charge is -2.24. The van der Waals surface area contributed by atoms with E-state index in [2.05, 4.69) is 0 Å². The number of aryl methyl sites for hydroxylation is 1. The number of rotatable bonds is 9. The molecule has 0 spiro atoms. The van der Waals surface area contributed by atoms with Gasteiger partial charge in [0.1, 0.15) is 0 Å². The van der Waals surface area contributed by atoms with E-state index < -0.39 is 20.7 Å². The van der Waals surface area contributed by atoms with Gasteiger partial charge in [0.15, 0.2) is 0 Å². The lowest BCUT2D eigenvalue weighted by Crippen LogP contribution is -2.42. The molecule has 0 amide bonds. The topological polar surface area (TPSA) is 102 Å². The fourth-order valence-electron chi connectivity index (χ4n) is 2.18. The minimum atomic E-state index is -2.65. The molecule has 0 aliphatic carbocycles. The summed E-state index contributed by atoms with van der Waals surface area (Å²) < 4.78 is 15.9. The molecule has 8 heteroatoms. The Hall–Kier alpha value is -1.74. The molecule has 0 heterocycles. The van der Waals surface area contributed by atoms with Crippen LogP contribution >= 0.6 is 0 Å². The summed E-state index contributed by atoms with van der Waals surface area (Å²) in [6.07, 6.45) is 1.25. The second kappa shape index (κ2) is 8.04. The molecule has 0 radical (unpaired) electrons. The van der Waals surface area contributed by atoms with Crippen molar-refractivity contribution in [1.82, 2.24) is 0 Å². The van der Waals surface area contributed by atoms with E-state index in [0.717, 1.165) is 5.56 Å². The van der Waals surface area contributed by atoms with Crippen LogP contribution in [0.15, 0.2) is 18.2 Å². The fourth-order valence-corrected chi connectivity index (χ4v) is 3.90. The highest BCUT2D eigenvalue weighted by Crippen LogP contribution is 2.19. The van der Waals surface area contributed by atoms with Crippen LogP contribution in [0.4, 0.5) is 0 Å². The lowest BCUT2D eigenvalue weighted by atomic mass is 10.0. The second-order valence-corrected chi connectivity index (χ2v) is 7.73. The van der Waals surface area contributed by atoms with Crippen LogP contribution in [0, 0.1) is 0 Å². The molecular formula is C14H20O7Si. The second-order valence-electron chi connectivity index (χ2n) is 4.64. The van der Waals surface area contributed by atoms with E-state index >= 15 is 0 Å². The molecule has 0 aliphatic rings. The van der Waals surface area contributed by atoms with Gasteiger partial charge < -0.3 is 23.5 Å². The summed E-state index contributed by atoms with van der Waals surface area (Å²) in [6, 6.07) is 4.90. The molecule has 0 saturated heterocycles. The van der Waals surface area contributed by atoms with Gasteiger partial charge in [0.2, 0.25) is 0 Å². The van der Waals surface area contributed by atoms with Gasteiger partial charge in [-0.1, -0.05) is 6.07 Å². The Bertz CT molecular complexity index is 532. The van der Waals surface area contributed by atoms with Gasteiger partial charge in [-0.2, -0.15) is 0 Å². The Morgan fingerprint density at radius 3 is 2.00 bits per heavy atom. The van der Waals surface area contributed by atoms with E-state index in [1.807, 2.05) is 0 Å². The predicted molar refractivity (Wildman–Crippen MR) is 80.3 cm³/mol. The molecule has 0 fully saturated rings. The van der Waals surface area contributed by atoms with Crippen LogP contribution in [0.5, 0.6) is 0 Å². The van der Waals surface area contributed by atoms with E-state index in [0.29, 0.717) is 18.9 Å². The first kappa shape index (κ1) is 18.3. The summed E-state index contributed by atoms with van der Waals surface area (Å²) in [5.41, 5.74) is 0.318. The SMILES string of the molecule is CO[Si](CCCc1ccc(C(=O)O)c(C(=O)O)c1)(OC)OC. The van der Waals surface area contributed by atoms with E-state index in [4.69, 9.17) is 23.5 Å². The van der Waals surface area contributed by atoms with Gasteiger partial charge in [-0.25, -0.2) is 9.59 Å². The molecule has 1 rings (SSSR count). The maximum atomic E-state index is 11.1. The molecule has 0 saturated carbocycles. The van der Waals surface area contributed by atoms with Gasteiger partial charge in [-0.15, -0.1) is 0 Å². The maximum absolute atomic E-state index is 11.1. The first-order valence-corrected chi connectivity index (χ1v) is 8.57. The van der Waals surface area contributed by atoms with Crippen LogP contribution < -0.4 is 0 Å². The molecule has 122 valence electrons. The Kier molecular flexibility index (Phi) is 6.69. The zero-order chi connectivity index (χ0) is 16.8. The largest absolute Gasteiger partial charge is 0.500 e. The average Bonchev–Trinajstić information content (AvgIpc) is 2.51. The van der Waals surface area contributed by atoms with Crippen molar-refractivity contribution in [2.75, 3.05) is 21.3 Å². The minimum Gasteiger partial charge on any atom is -0.478 e. The zero-order valence-electron chi connectivity index (χ0n) is 12.8. The molecule has 2 N–H and O–H groups in total.